The van der Waals surface area contributed by atoms with E-state index in [1.165, 1.54) is 6.07 Å². The average molecular weight is 294 g/mol. The van der Waals surface area contributed by atoms with Crippen molar-refractivity contribution in [3.05, 3.63) is 55.8 Å². The third-order valence-electron chi connectivity index (χ3n) is 2.81. The first kappa shape index (κ1) is 13.9. The maximum absolute atomic E-state index is 10.8. The van der Waals surface area contributed by atoms with Gasteiger partial charge in [0.05, 0.1) is 4.90 Å². The Labute approximate surface area is 115 Å². The zero-order chi connectivity index (χ0) is 14.8. The molecule has 104 valence electrons. The van der Waals surface area contributed by atoms with Gasteiger partial charge in [-0.2, -0.15) is 0 Å². The summed E-state index contributed by atoms with van der Waals surface area (Å²) in [6.45, 7) is 0. The van der Waals surface area contributed by atoms with Crippen LogP contribution >= 0.6 is 10.6 Å². The van der Waals surface area contributed by atoms with Crippen LogP contribution in [0.15, 0.2) is 48.6 Å². The first-order valence-corrected chi connectivity index (χ1v) is 6.92. The number of rotatable bonds is 4. The van der Waals surface area contributed by atoms with Crippen molar-refractivity contribution in [3.8, 4) is 5.75 Å². The Morgan fingerprint density at radius 1 is 1.15 bits per heavy atom. The first-order chi connectivity index (χ1) is 9.56. The number of nitrogens with zero attached hydrogens (tertiary/aromatic N) is 3. The highest BCUT2D eigenvalue weighted by Gasteiger charge is 2.33. The summed E-state index contributed by atoms with van der Waals surface area (Å²) >= 11 is 0. The monoisotopic (exact) mass is 294 g/mol. The van der Waals surface area contributed by atoms with Crippen LogP contribution in [0.5, 0.6) is 5.75 Å². The molecule has 0 bridgehead atoms. The molecule has 0 saturated carbocycles. The van der Waals surface area contributed by atoms with Gasteiger partial charge in [-0.15, -0.1) is 14.7 Å². The molecule has 1 aromatic carbocycles. The molecule has 9 heteroatoms. The van der Waals surface area contributed by atoms with Crippen molar-refractivity contribution in [2.45, 2.75) is 11.3 Å². The second kappa shape index (κ2) is 5.21. The quantitative estimate of drug-likeness (QED) is 0.823. The summed E-state index contributed by atoms with van der Waals surface area (Å²) < 4.78 is 7.38. The zero-order valence-electron chi connectivity index (χ0n) is 10.1. The number of phenols is 1. The minimum absolute atomic E-state index is 0.114. The van der Waals surface area contributed by atoms with Crippen LogP contribution in [-0.4, -0.2) is 5.11 Å². The molecule has 0 heterocycles. The molecule has 0 saturated heterocycles. The van der Waals surface area contributed by atoms with E-state index in [2.05, 4.69) is 13.7 Å². The molecule has 0 radical (unpaired) electrons. The molecule has 0 aliphatic heterocycles. The molecule has 0 spiro atoms. The smallest absolute Gasteiger partial charge is 0.197 e. The Morgan fingerprint density at radius 3 is 2.40 bits per heavy atom. The van der Waals surface area contributed by atoms with Gasteiger partial charge in [-0.1, -0.05) is 12.2 Å². The molecule has 0 unspecified atom stereocenters. The lowest BCUT2D eigenvalue weighted by Gasteiger charge is -2.17. The van der Waals surface area contributed by atoms with Gasteiger partial charge >= 0.3 is 0 Å². The van der Waals surface area contributed by atoms with E-state index in [1.807, 2.05) is 0 Å². The maximum Gasteiger partial charge on any atom is 0.197 e. The largest absolute Gasteiger partial charge is 0.507 e. The fraction of sp³-hybridized carbons (Fsp3) is 0.0909. The van der Waals surface area contributed by atoms with E-state index in [4.69, 9.17) is 5.73 Å². The number of phenolic OH excluding ortho intramolecular Hbond substituents is 1. The highest BCUT2D eigenvalue weighted by atomic mass is 32.3. The Morgan fingerprint density at radius 2 is 1.80 bits per heavy atom. The predicted octanol–water partition coefficient (Wildman–Crippen LogP) is 3.01. The standard InChI is InChI=1S/C11H10N4O4S/c12-8-2-1-3-10-7(4-8)5-9(6-11(10)16)20(13-17,14-18)15-19/h1-3,5-6,16H,4,12H2. The molecule has 1 aromatic rings. The van der Waals surface area contributed by atoms with E-state index < -0.39 is 10.6 Å². The van der Waals surface area contributed by atoms with Crippen LogP contribution in [0.25, 0.3) is 6.08 Å². The second-order valence-corrected chi connectivity index (χ2v) is 5.99. The predicted molar refractivity (Wildman–Crippen MR) is 76.4 cm³/mol. The van der Waals surface area contributed by atoms with Crippen LogP contribution in [0.2, 0.25) is 0 Å². The van der Waals surface area contributed by atoms with Crippen molar-refractivity contribution in [1.82, 2.24) is 0 Å². The number of allylic oxidation sites excluding steroid dienone is 3. The van der Waals surface area contributed by atoms with Crippen LogP contribution in [0.3, 0.4) is 0 Å². The zero-order valence-corrected chi connectivity index (χ0v) is 10.9. The van der Waals surface area contributed by atoms with E-state index in [0.717, 1.165) is 6.07 Å². The van der Waals surface area contributed by atoms with Gasteiger partial charge in [0.2, 0.25) is 0 Å². The molecular formula is C11H10N4O4S. The van der Waals surface area contributed by atoms with Crippen molar-refractivity contribution in [3.63, 3.8) is 0 Å². The van der Waals surface area contributed by atoms with Crippen molar-refractivity contribution < 1.29 is 5.11 Å². The number of aromatic hydroxyl groups is 1. The first-order valence-electron chi connectivity index (χ1n) is 5.42. The molecule has 0 fully saturated rings. The highest BCUT2D eigenvalue weighted by molar-refractivity contribution is 8.30. The summed E-state index contributed by atoms with van der Waals surface area (Å²) in [5.74, 6) is -0.204. The van der Waals surface area contributed by atoms with Gasteiger partial charge in [-0.3, -0.25) is 0 Å². The van der Waals surface area contributed by atoms with Crippen LogP contribution in [0.4, 0.5) is 0 Å². The Bertz CT molecular complexity index is 634. The van der Waals surface area contributed by atoms with Crippen molar-refractivity contribution in [2.75, 3.05) is 0 Å². The lowest BCUT2D eigenvalue weighted by atomic mass is 10.0. The number of nitrogens with two attached hydrogens (primary N) is 1. The fourth-order valence-corrected chi connectivity index (χ4v) is 2.79. The van der Waals surface area contributed by atoms with Gasteiger partial charge in [-0.25, -0.2) is 0 Å². The van der Waals surface area contributed by atoms with Crippen LogP contribution in [-0.2, 0) is 6.42 Å². The van der Waals surface area contributed by atoms with Crippen LogP contribution < -0.4 is 5.73 Å². The van der Waals surface area contributed by atoms with Gasteiger partial charge in [0.25, 0.3) is 0 Å². The lowest BCUT2D eigenvalue weighted by Crippen LogP contribution is -2.02. The Hall–Kier alpha value is -2.55. The lowest BCUT2D eigenvalue weighted by molar-refractivity contribution is 0.471. The molecule has 8 nitrogen and oxygen atoms in total. The van der Waals surface area contributed by atoms with E-state index in [-0.39, 0.29) is 17.1 Å². The number of benzene rings is 1. The normalized spacial score (nSPS) is 14.7. The van der Waals surface area contributed by atoms with Gasteiger partial charge < -0.3 is 10.8 Å². The summed E-state index contributed by atoms with van der Waals surface area (Å²) in [5.41, 5.74) is 7.30. The molecule has 0 atom stereocenters. The van der Waals surface area contributed by atoms with Crippen LogP contribution in [0, 0.1) is 14.7 Å². The molecule has 0 aromatic heterocycles. The highest BCUT2D eigenvalue weighted by Crippen LogP contribution is 2.60. The number of fused-ring (bicyclic) bond motifs is 1. The molecule has 0 amide bonds. The topological polar surface area (TPSA) is 135 Å². The SMILES string of the molecule is NC1=CC=Cc2c(O)cc(S(N=O)(N=O)N=O)cc2C1. The fourth-order valence-electron chi connectivity index (χ4n) is 1.88. The summed E-state index contributed by atoms with van der Waals surface area (Å²) in [6.07, 6.45) is 5.24. The van der Waals surface area contributed by atoms with Crippen molar-refractivity contribution >= 4 is 16.7 Å². The third kappa shape index (κ3) is 2.18. The Balaban J connectivity index is 2.66. The summed E-state index contributed by atoms with van der Waals surface area (Å²) in [6, 6.07) is 2.50. The van der Waals surface area contributed by atoms with E-state index in [1.54, 1.807) is 18.2 Å². The average Bonchev–Trinajstić information content (AvgIpc) is 2.63. The van der Waals surface area contributed by atoms with E-state index >= 15 is 0 Å². The molecule has 20 heavy (non-hydrogen) atoms. The summed E-state index contributed by atoms with van der Waals surface area (Å²) in [5, 5.41) is 9.97. The second-order valence-electron chi connectivity index (χ2n) is 4.04. The van der Waals surface area contributed by atoms with E-state index in [9.17, 15) is 19.8 Å². The van der Waals surface area contributed by atoms with Gasteiger partial charge in [-0.05, 0) is 23.8 Å². The minimum atomic E-state index is -3.61. The molecule has 1 aliphatic rings. The molecule has 1 aliphatic carbocycles. The van der Waals surface area contributed by atoms with E-state index in [0.29, 0.717) is 16.8 Å². The minimum Gasteiger partial charge on any atom is -0.507 e. The Kier molecular flexibility index (Phi) is 3.61. The number of nitroso groups, excluding NO2 is 3. The van der Waals surface area contributed by atoms with Crippen molar-refractivity contribution in [1.29, 1.82) is 0 Å². The molecule has 2 rings (SSSR count). The van der Waals surface area contributed by atoms with Gasteiger partial charge in [0, 0.05) is 31.4 Å². The third-order valence-corrected chi connectivity index (χ3v) is 4.30. The maximum atomic E-state index is 10.8. The summed E-state index contributed by atoms with van der Waals surface area (Å²) in [4.78, 5) is 32.2. The molecular weight excluding hydrogens is 284 g/mol. The van der Waals surface area contributed by atoms with Crippen molar-refractivity contribution in [2.24, 2.45) is 19.5 Å². The number of hydrogen-bond donors (Lipinski definition) is 2. The molecule has 3 N–H and O–H groups in total. The van der Waals surface area contributed by atoms with Gasteiger partial charge in [0.1, 0.15) is 5.75 Å². The number of hydrogen-bond acceptors (Lipinski definition) is 8. The van der Waals surface area contributed by atoms with Gasteiger partial charge in [0.15, 0.2) is 10.6 Å². The summed E-state index contributed by atoms with van der Waals surface area (Å²) in [7, 11) is -3.61. The van der Waals surface area contributed by atoms with Crippen LogP contribution in [0.1, 0.15) is 11.1 Å².